The molecule has 2 amide bonds. The molecule has 0 aliphatic carbocycles. The third kappa shape index (κ3) is 6.41. The first-order valence-electron chi connectivity index (χ1n) is 8.15. The smallest absolute Gasteiger partial charge is 0.321 e. The van der Waals surface area contributed by atoms with Crippen LogP contribution in [0, 0.1) is 0 Å². The van der Waals surface area contributed by atoms with Gasteiger partial charge < -0.3 is 19.9 Å². The van der Waals surface area contributed by atoms with Crippen molar-refractivity contribution in [3.8, 4) is 0 Å². The lowest BCUT2D eigenvalue weighted by Gasteiger charge is -2.22. The molecular weight excluding hydrogens is 310 g/mol. The van der Waals surface area contributed by atoms with E-state index >= 15 is 0 Å². The number of urea groups is 1. The molecule has 5 nitrogen and oxygen atoms in total. The van der Waals surface area contributed by atoms with Crippen LogP contribution in [-0.2, 0) is 4.74 Å². The Labute approximate surface area is 143 Å². The van der Waals surface area contributed by atoms with E-state index in [2.05, 4.69) is 10.2 Å². The Morgan fingerprint density at radius 3 is 2.65 bits per heavy atom. The molecule has 1 aromatic rings. The molecule has 1 saturated heterocycles. The Morgan fingerprint density at radius 1 is 1.30 bits per heavy atom. The molecule has 0 bridgehead atoms. The highest BCUT2D eigenvalue weighted by molar-refractivity contribution is 7.99. The van der Waals surface area contributed by atoms with Gasteiger partial charge in [-0.2, -0.15) is 0 Å². The normalized spacial score (nSPS) is 14.9. The number of benzene rings is 1. The summed E-state index contributed by atoms with van der Waals surface area (Å²) in [7, 11) is 3.56. The standard InChI is InChI=1S/C17H27N3O2S/c1-19(11-12-20-9-3-4-10-20)17(21)18-15-5-7-16(8-6-15)23-14-13-22-2/h5-8H,3-4,9-14H2,1-2H3,(H,18,21). The lowest BCUT2D eigenvalue weighted by molar-refractivity contribution is 0.213. The highest BCUT2D eigenvalue weighted by Gasteiger charge is 2.14. The minimum absolute atomic E-state index is 0.0519. The molecule has 1 heterocycles. The van der Waals surface area contributed by atoms with E-state index in [0.717, 1.165) is 44.2 Å². The zero-order valence-corrected chi connectivity index (χ0v) is 14.9. The van der Waals surface area contributed by atoms with E-state index in [0.29, 0.717) is 0 Å². The molecule has 0 atom stereocenters. The molecule has 0 unspecified atom stereocenters. The van der Waals surface area contributed by atoms with Crippen LogP contribution in [0.5, 0.6) is 0 Å². The number of nitrogens with one attached hydrogen (secondary N) is 1. The third-order valence-electron chi connectivity index (χ3n) is 3.96. The average Bonchev–Trinajstić information content (AvgIpc) is 3.08. The molecule has 1 fully saturated rings. The van der Waals surface area contributed by atoms with E-state index < -0.39 is 0 Å². The minimum atomic E-state index is -0.0519. The van der Waals surface area contributed by atoms with Crippen molar-refractivity contribution in [2.75, 3.05) is 58.0 Å². The van der Waals surface area contributed by atoms with Gasteiger partial charge in [0.1, 0.15) is 0 Å². The lowest BCUT2D eigenvalue weighted by Crippen LogP contribution is -2.37. The Balaban J connectivity index is 1.72. The first-order chi connectivity index (χ1) is 11.2. The van der Waals surface area contributed by atoms with Crippen molar-refractivity contribution >= 4 is 23.5 Å². The first kappa shape index (κ1) is 18.1. The molecule has 0 saturated carbocycles. The van der Waals surface area contributed by atoms with Crippen LogP contribution < -0.4 is 5.32 Å². The highest BCUT2D eigenvalue weighted by atomic mass is 32.2. The maximum absolute atomic E-state index is 12.2. The molecule has 0 spiro atoms. The number of nitrogens with zero attached hydrogens (tertiary/aromatic N) is 2. The van der Waals surface area contributed by atoms with Gasteiger partial charge in [0, 0.05) is 43.6 Å². The number of rotatable bonds is 8. The number of carbonyl (C=O) groups is 1. The van der Waals surface area contributed by atoms with Gasteiger partial charge in [-0.25, -0.2) is 4.79 Å². The lowest BCUT2D eigenvalue weighted by atomic mass is 10.3. The second-order valence-corrected chi connectivity index (χ2v) is 6.93. The van der Waals surface area contributed by atoms with Crippen LogP contribution in [0.15, 0.2) is 29.2 Å². The van der Waals surface area contributed by atoms with E-state index in [1.54, 1.807) is 23.8 Å². The van der Waals surface area contributed by atoms with Gasteiger partial charge in [-0.1, -0.05) is 0 Å². The number of methoxy groups -OCH3 is 1. The number of hydrogen-bond acceptors (Lipinski definition) is 4. The number of anilines is 1. The quantitative estimate of drug-likeness (QED) is 0.585. The topological polar surface area (TPSA) is 44.8 Å². The minimum Gasteiger partial charge on any atom is -0.384 e. The predicted molar refractivity (Wildman–Crippen MR) is 96.4 cm³/mol. The van der Waals surface area contributed by atoms with E-state index in [-0.39, 0.29) is 6.03 Å². The van der Waals surface area contributed by atoms with Gasteiger partial charge in [-0.05, 0) is 50.2 Å². The van der Waals surface area contributed by atoms with Crippen molar-refractivity contribution in [3.05, 3.63) is 24.3 Å². The summed E-state index contributed by atoms with van der Waals surface area (Å²) >= 11 is 1.75. The summed E-state index contributed by atoms with van der Waals surface area (Å²) in [6.07, 6.45) is 2.56. The molecule has 128 valence electrons. The van der Waals surface area contributed by atoms with Crippen molar-refractivity contribution in [2.45, 2.75) is 17.7 Å². The summed E-state index contributed by atoms with van der Waals surface area (Å²) in [4.78, 5) is 17.5. The van der Waals surface area contributed by atoms with Crippen LogP contribution >= 0.6 is 11.8 Å². The number of likely N-dealkylation sites (tertiary alicyclic amines) is 1. The molecule has 6 heteroatoms. The number of likely N-dealkylation sites (N-methyl/N-ethyl adjacent to an activating group) is 1. The van der Waals surface area contributed by atoms with E-state index in [4.69, 9.17) is 4.74 Å². The molecule has 0 radical (unpaired) electrons. The zero-order chi connectivity index (χ0) is 16.5. The van der Waals surface area contributed by atoms with E-state index in [9.17, 15) is 4.79 Å². The monoisotopic (exact) mass is 337 g/mol. The van der Waals surface area contributed by atoms with Crippen LogP contribution in [-0.4, -0.2) is 68.5 Å². The van der Waals surface area contributed by atoms with Crippen molar-refractivity contribution in [2.24, 2.45) is 0 Å². The summed E-state index contributed by atoms with van der Waals surface area (Å²) in [6, 6.07) is 7.90. The van der Waals surface area contributed by atoms with Crippen LogP contribution in [0.3, 0.4) is 0 Å². The van der Waals surface area contributed by atoms with Crippen LogP contribution in [0.25, 0.3) is 0 Å². The maximum Gasteiger partial charge on any atom is 0.321 e. The van der Waals surface area contributed by atoms with Gasteiger partial charge >= 0.3 is 6.03 Å². The Kier molecular flexibility index (Phi) is 7.71. The summed E-state index contributed by atoms with van der Waals surface area (Å²) in [5.41, 5.74) is 0.833. The van der Waals surface area contributed by atoms with Crippen LogP contribution in [0.1, 0.15) is 12.8 Å². The van der Waals surface area contributed by atoms with Crippen LogP contribution in [0.4, 0.5) is 10.5 Å². The molecule has 2 rings (SSSR count). The fraction of sp³-hybridized carbons (Fsp3) is 0.588. The summed E-state index contributed by atoms with van der Waals surface area (Å²) < 4.78 is 5.04. The van der Waals surface area contributed by atoms with E-state index in [1.165, 1.54) is 17.7 Å². The Morgan fingerprint density at radius 2 is 2.00 bits per heavy atom. The first-order valence-corrected chi connectivity index (χ1v) is 9.14. The van der Waals surface area contributed by atoms with Gasteiger partial charge in [0.15, 0.2) is 0 Å². The molecule has 0 aromatic heterocycles. The molecule has 23 heavy (non-hydrogen) atoms. The van der Waals surface area contributed by atoms with Gasteiger partial charge in [-0.15, -0.1) is 11.8 Å². The molecule has 1 aliphatic rings. The number of hydrogen-bond donors (Lipinski definition) is 1. The van der Waals surface area contributed by atoms with E-state index in [1.807, 2.05) is 31.3 Å². The largest absolute Gasteiger partial charge is 0.384 e. The summed E-state index contributed by atoms with van der Waals surface area (Å²) in [6.45, 7) is 4.79. The van der Waals surface area contributed by atoms with Gasteiger partial charge in [0.25, 0.3) is 0 Å². The molecule has 1 aliphatic heterocycles. The number of ether oxygens (including phenoxy) is 1. The SMILES string of the molecule is COCCSc1ccc(NC(=O)N(C)CCN2CCCC2)cc1. The number of carbonyl (C=O) groups excluding carboxylic acids is 1. The summed E-state index contributed by atoms with van der Waals surface area (Å²) in [5, 5.41) is 2.95. The van der Waals surface area contributed by atoms with Gasteiger partial charge in [0.05, 0.1) is 6.61 Å². The highest BCUT2D eigenvalue weighted by Crippen LogP contribution is 2.20. The van der Waals surface area contributed by atoms with Crippen molar-refractivity contribution < 1.29 is 9.53 Å². The Bertz CT molecular complexity index is 475. The fourth-order valence-corrected chi connectivity index (χ4v) is 3.31. The average molecular weight is 337 g/mol. The van der Waals surface area contributed by atoms with Crippen molar-refractivity contribution in [3.63, 3.8) is 0 Å². The maximum atomic E-state index is 12.2. The predicted octanol–water partition coefficient (Wildman–Crippen LogP) is 2.98. The second kappa shape index (κ2) is 9.80. The fourth-order valence-electron chi connectivity index (χ4n) is 2.50. The second-order valence-electron chi connectivity index (χ2n) is 5.77. The molecular formula is C17H27N3O2S. The van der Waals surface area contributed by atoms with Gasteiger partial charge in [0.2, 0.25) is 0 Å². The Hall–Kier alpha value is -1.24. The number of thioether (sulfide) groups is 1. The van der Waals surface area contributed by atoms with Crippen molar-refractivity contribution in [1.29, 1.82) is 0 Å². The molecule has 1 aromatic carbocycles. The third-order valence-corrected chi connectivity index (χ3v) is 4.94. The zero-order valence-electron chi connectivity index (χ0n) is 14.1. The molecule has 1 N–H and O–H groups in total. The summed E-state index contributed by atoms with van der Waals surface area (Å²) in [5.74, 6) is 0.932. The van der Waals surface area contributed by atoms with Crippen LogP contribution in [0.2, 0.25) is 0 Å². The van der Waals surface area contributed by atoms with Gasteiger partial charge in [-0.3, -0.25) is 0 Å². The number of amides is 2. The van der Waals surface area contributed by atoms with Crippen molar-refractivity contribution in [1.82, 2.24) is 9.80 Å².